The molecule has 0 atom stereocenters. The summed E-state index contributed by atoms with van der Waals surface area (Å²) in [7, 11) is -3.76. The first-order valence-electron chi connectivity index (χ1n) is 5.32. The standard InChI is InChI=1S/C12H13N3O2S/c13-18(16,17)12-9-14-7-6-11(12)15-8-10-4-2-1-3-5-10/h1-7,9H,8H2,(H,14,15)(H2,13,16,17). The molecule has 0 aliphatic carbocycles. The lowest BCUT2D eigenvalue weighted by atomic mass is 10.2. The minimum atomic E-state index is -3.76. The van der Waals surface area contributed by atoms with Crippen molar-refractivity contribution in [3.63, 3.8) is 0 Å². The molecule has 2 aromatic rings. The molecule has 0 fully saturated rings. The molecule has 1 heterocycles. The van der Waals surface area contributed by atoms with E-state index in [-0.39, 0.29) is 4.90 Å². The second-order valence-corrected chi connectivity index (χ2v) is 5.29. The molecule has 6 heteroatoms. The molecular formula is C12H13N3O2S. The average Bonchev–Trinajstić information content (AvgIpc) is 2.37. The lowest BCUT2D eigenvalue weighted by Crippen LogP contribution is -2.15. The number of benzene rings is 1. The van der Waals surface area contributed by atoms with Gasteiger partial charge in [0.2, 0.25) is 10.0 Å². The third kappa shape index (κ3) is 3.06. The Morgan fingerprint density at radius 2 is 1.89 bits per heavy atom. The van der Waals surface area contributed by atoms with Crippen molar-refractivity contribution >= 4 is 15.7 Å². The maximum atomic E-state index is 11.4. The Morgan fingerprint density at radius 1 is 1.17 bits per heavy atom. The number of sulfonamides is 1. The summed E-state index contributed by atoms with van der Waals surface area (Å²) in [5.41, 5.74) is 1.51. The molecule has 0 aliphatic rings. The maximum absolute atomic E-state index is 11.4. The highest BCUT2D eigenvalue weighted by atomic mass is 32.2. The Morgan fingerprint density at radius 3 is 2.56 bits per heavy atom. The number of hydrogen-bond donors (Lipinski definition) is 2. The Balaban J connectivity index is 2.20. The molecule has 94 valence electrons. The zero-order valence-electron chi connectivity index (χ0n) is 9.58. The van der Waals surface area contributed by atoms with Crippen molar-refractivity contribution in [1.29, 1.82) is 0 Å². The molecule has 0 amide bonds. The summed E-state index contributed by atoms with van der Waals surface area (Å²) < 4.78 is 22.7. The van der Waals surface area contributed by atoms with Crippen molar-refractivity contribution in [2.45, 2.75) is 11.4 Å². The van der Waals surface area contributed by atoms with E-state index in [1.54, 1.807) is 6.07 Å². The van der Waals surface area contributed by atoms with E-state index in [1.165, 1.54) is 12.4 Å². The van der Waals surface area contributed by atoms with Crippen LogP contribution in [0.3, 0.4) is 0 Å². The number of primary sulfonamides is 1. The van der Waals surface area contributed by atoms with Crippen LogP contribution in [0.15, 0.2) is 53.7 Å². The van der Waals surface area contributed by atoms with Crippen LogP contribution in [0.25, 0.3) is 0 Å². The van der Waals surface area contributed by atoms with Crippen LogP contribution in [0.4, 0.5) is 5.69 Å². The highest BCUT2D eigenvalue weighted by molar-refractivity contribution is 7.89. The molecule has 0 spiro atoms. The van der Waals surface area contributed by atoms with Crippen molar-refractivity contribution in [2.75, 3.05) is 5.32 Å². The van der Waals surface area contributed by atoms with Gasteiger partial charge in [0.05, 0.1) is 5.69 Å². The molecule has 3 N–H and O–H groups in total. The molecule has 2 rings (SSSR count). The number of hydrogen-bond acceptors (Lipinski definition) is 4. The van der Waals surface area contributed by atoms with E-state index in [0.29, 0.717) is 12.2 Å². The Bertz CT molecular complexity index is 627. The Labute approximate surface area is 106 Å². The van der Waals surface area contributed by atoms with Gasteiger partial charge in [-0.05, 0) is 11.6 Å². The fraction of sp³-hybridized carbons (Fsp3) is 0.0833. The predicted octanol–water partition coefficient (Wildman–Crippen LogP) is 1.34. The minimum Gasteiger partial charge on any atom is -0.380 e. The number of aromatic nitrogens is 1. The van der Waals surface area contributed by atoms with Gasteiger partial charge in [-0.2, -0.15) is 0 Å². The molecule has 0 saturated heterocycles. The Hall–Kier alpha value is -1.92. The van der Waals surface area contributed by atoms with Crippen molar-refractivity contribution < 1.29 is 8.42 Å². The van der Waals surface area contributed by atoms with E-state index >= 15 is 0 Å². The van der Waals surface area contributed by atoms with Crippen LogP contribution in [0, 0.1) is 0 Å². The van der Waals surface area contributed by atoms with Gasteiger partial charge < -0.3 is 5.32 Å². The number of nitrogens with one attached hydrogen (secondary N) is 1. The van der Waals surface area contributed by atoms with E-state index in [2.05, 4.69) is 10.3 Å². The van der Waals surface area contributed by atoms with E-state index in [1.807, 2.05) is 30.3 Å². The van der Waals surface area contributed by atoms with Gasteiger partial charge in [0.25, 0.3) is 0 Å². The summed E-state index contributed by atoms with van der Waals surface area (Å²) in [6.07, 6.45) is 2.75. The molecule has 1 aromatic heterocycles. The van der Waals surface area contributed by atoms with E-state index in [4.69, 9.17) is 5.14 Å². The van der Waals surface area contributed by atoms with E-state index in [9.17, 15) is 8.42 Å². The van der Waals surface area contributed by atoms with Gasteiger partial charge in [0, 0.05) is 18.9 Å². The van der Waals surface area contributed by atoms with Crippen molar-refractivity contribution in [3.05, 3.63) is 54.4 Å². The monoisotopic (exact) mass is 263 g/mol. The summed E-state index contributed by atoms with van der Waals surface area (Å²) in [4.78, 5) is 3.77. The lowest BCUT2D eigenvalue weighted by Gasteiger charge is -2.09. The molecule has 5 nitrogen and oxygen atoms in total. The van der Waals surface area contributed by atoms with Crippen molar-refractivity contribution in [3.8, 4) is 0 Å². The second kappa shape index (κ2) is 5.16. The molecule has 0 saturated carbocycles. The van der Waals surface area contributed by atoms with Crippen LogP contribution in [0.1, 0.15) is 5.56 Å². The van der Waals surface area contributed by atoms with Gasteiger partial charge in [-0.25, -0.2) is 13.6 Å². The molecule has 0 bridgehead atoms. The van der Waals surface area contributed by atoms with E-state index < -0.39 is 10.0 Å². The molecule has 0 aliphatic heterocycles. The first kappa shape index (κ1) is 12.5. The quantitative estimate of drug-likeness (QED) is 0.871. The molecular weight excluding hydrogens is 250 g/mol. The van der Waals surface area contributed by atoms with Crippen LogP contribution in [0.5, 0.6) is 0 Å². The third-order valence-corrected chi connectivity index (χ3v) is 3.36. The van der Waals surface area contributed by atoms with Crippen LogP contribution in [-0.2, 0) is 16.6 Å². The zero-order chi connectivity index (χ0) is 13.0. The van der Waals surface area contributed by atoms with Crippen molar-refractivity contribution in [1.82, 2.24) is 4.98 Å². The zero-order valence-corrected chi connectivity index (χ0v) is 10.4. The van der Waals surface area contributed by atoms with Crippen LogP contribution in [-0.4, -0.2) is 13.4 Å². The fourth-order valence-corrected chi connectivity index (χ4v) is 2.20. The van der Waals surface area contributed by atoms with Gasteiger partial charge >= 0.3 is 0 Å². The summed E-state index contributed by atoms with van der Waals surface area (Å²) >= 11 is 0. The maximum Gasteiger partial charge on any atom is 0.241 e. The van der Waals surface area contributed by atoms with Gasteiger partial charge in [0.1, 0.15) is 4.90 Å². The van der Waals surface area contributed by atoms with Gasteiger partial charge in [0.15, 0.2) is 0 Å². The first-order chi connectivity index (χ1) is 8.57. The Kier molecular flexibility index (Phi) is 3.59. The summed E-state index contributed by atoms with van der Waals surface area (Å²) in [6.45, 7) is 0.521. The average molecular weight is 263 g/mol. The smallest absolute Gasteiger partial charge is 0.241 e. The number of nitrogens with two attached hydrogens (primary N) is 1. The topological polar surface area (TPSA) is 85.1 Å². The third-order valence-electron chi connectivity index (χ3n) is 2.42. The summed E-state index contributed by atoms with van der Waals surface area (Å²) in [5.74, 6) is 0. The fourth-order valence-electron chi connectivity index (χ4n) is 1.55. The number of pyridine rings is 1. The van der Waals surface area contributed by atoms with Gasteiger partial charge in [-0.15, -0.1) is 0 Å². The number of nitrogens with zero attached hydrogens (tertiary/aromatic N) is 1. The largest absolute Gasteiger partial charge is 0.380 e. The number of anilines is 1. The van der Waals surface area contributed by atoms with Crippen molar-refractivity contribution in [2.24, 2.45) is 5.14 Å². The summed E-state index contributed by atoms with van der Waals surface area (Å²) in [6, 6.07) is 11.2. The second-order valence-electron chi connectivity index (χ2n) is 3.76. The lowest BCUT2D eigenvalue weighted by molar-refractivity contribution is 0.597. The minimum absolute atomic E-state index is 0.000862. The highest BCUT2D eigenvalue weighted by Gasteiger charge is 2.13. The number of rotatable bonds is 4. The highest BCUT2D eigenvalue weighted by Crippen LogP contribution is 2.18. The van der Waals surface area contributed by atoms with Gasteiger partial charge in [-0.3, -0.25) is 4.98 Å². The molecule has 0 radical (unpaired) electrons. The SMILES string of the molecule is NS(=O)(=O)c1cnccc1NCc1ccccc1. The summed E-state index contributed by atoms with van der Waals surface area (Å²) in [5, 5.41) is 8.16. The first-order valence-corrected chi connectivity index (χ1v) is 6.86. The van der Waals surface area contributed by atoms with E-state index in [0.717, 1.165) is 5.56 Å². The molecule has 18 heavy (non-hydrogen) atoms. The van der Waals surface area contributed by atoms with Crippen LogP contribution in [0.2, 0.25) is 0 Å². The van der Waals surface area contributed by atoms with Crippen LogP contribution >= 0.6 is 0 Å². The normalized spacial score (nSPS) is 11.2. The molecule has 1 aromatic carbocycles. The molecule has 0 unspecified atom stereocenters. The van der Waals surface area contributed by atoms with Gasteiger partial charge in [-0.1, -0.05) is 30.3 Å². The van der Waals surface area contributed by atoms with Crippen LogP contribution < -0.4 is 10.5 Å². The predicted molar refractivity (Wildman–Crippen MR) is 69.4 cm³/mol.